The summed E-state index contributed by atoms with van der Waals surface area (Å²) in [5, 5.41) is 0. The average molecular weight is 423 g/mol. The largest absolute Gasteiger partial charge is 0.486 e. The van der Waals surface area contributed by atoms with Crippen LogP contribution < -0.4 is 14.4 Å². The summed E-state index contributed by atoms with van der Waals surface area (Å²) >= 11 is 0. The highest BCUT2D eigenvalue weighted by Crippen LogP contribution is 2.39. The molecule has 3 aromatic rings. The number of anilines is 1. The van der Waals surface area contributed by atoms with Crippen molar-refractivity contribution in [2.45, 2.75) is 6.54 Å². The smallest absolute Gasteiger partial charge is 0.184 e. The number of halogens is 1. The molecule has 156 valence electrons. The van der Waals surface area contributed by atoms with Crippen molar-refractivity contribution in [3.63, 3.8) is 0 Å². The molecular formula is C25H27ClN2O2. The number of nitrogens with zero attached hydrogens (tertiary/aromatic N) is 2. The second-order valence-corrected chi connectivity index (χ2v) is 7.63. The van der Waals surface area contributed by atoms with E-state index in [0.29, 0.717) is 13.2 Å². The topological polar surface area (TPSA) is 24.9 Å². The summed E-state index contributed by atoms with van der Waals surface area (Å²) in [4.78, 5) is 4.96. The van der Waals surface area contributed by atoms with Gasteiger partial charge in [0.05, 0.1) is 5.69 Å². The van der Waals surface area contributed by atoms with Crippen LogP contribution in [0.3, 0.4) is 0 Å². The maximum Gasteiger partial charge on any atom is 0.184 e. The molecule has 2 aliphatic heterocycles. The van der Waals surface area contributed by atoms with Crippen molar-refractivity contribution in [3.8, 4) is 22.6 Å². The first-order valence-electron chi connectivity index (χ1n) is 10.4. The Labute approximate surface area is 184 Å². The van der Waals surface area contributed by atoms with E-state index in [1.54, 1.807) is 0 Å². The van der Waals surface area contributed by atoms with Crippen molar-refractivity contribution < 1.29 is 9.47 Å². The summed E-state index contributed by atoms with van der Waals surface area (Å²) < 4.78 is 11.6. The SMILES string of the molecule is Cl.c1ccc(-c2cccc(CN3CCN(c4cccc5c4OCCO5)CC3)c2)cc1. The minimum absolute atomic E-state index is 0. The number of para-hydroxylation sites is 1. The number of fused-ring (bicyclic) bond motifs is 1. The second kappa shape index (κ2) is 9.41. The molecule has 3 aromatic carbocycles. The fourth-order valence-electron chi connectivity index (χ4n) is 4.19. The Hall–Kier alpha value is -2.69. The zero-order valence-corrected chi connectivity index (χ0v) is 17.8. The number of hydrogen-bond donors (Lipinski definition) is 0. The van der Waals surface area contributed by atoms with Crippen LogP contribution >= 0.6 is 12.4 Å². The van der Waals surface area contributed by atoms with Gasteiger partial charge in [0.15, 0.2) is 11.5 Å². The van der Waals surface area contributed by atoms with Gasteiger partial charge < -0.3 is 14.4 Å². The van der Waals surface area contributed by atoms with Gasteiger partial charge in [-0.1, -0.05) is 54.6 Å². The molecule has 1 fully saturated rings. The first-order chi connectivity index (χ1) is 14.4. The lowest BCUT2D eigenvalue weighted by Crippen LogP contribution is -2.46. The average Bonchev–Trinajstić information content (AvgIpc) is 2.80. The molecule has 0 bridgehead atoms. The predicted octanol–water partition coefficient (Wildman–Crippen LogP) is 4.87. The zero-order valence-electron chi connectivity index (χ0n) is 17.0. The normalized spacial score (nSPS) is 16.1. The first kappa shape index (κ1) is 20.6. The number of piperazine rings is 1. The lowest BCUT2D eigenvalue weighted by atomic mass is 10.0. The molecule has 2 heterocycles. The van der Waals surface area contributed by atoms with Crippen molar-refractivity contribution in [3.05, 3.63) is 78.4 Å². The van der Waals surface area contributed by atoms with E-state index >= 15 is 0 Å². The van der Waals surface area contributed by atoms with Gasteiger partial charge in [-0.3, -0.25) is 4.90 Å². The van der Waals surface area contributed by atoms with Gasteiger partial charge in [-0.25, -0.2) is 0 Å². The summed E-state index contributed by atoms with van der Waals surface area (Å²) in [6.45, 7) is 6.32. The van der Waals surface area contributed by atoms with Crippen molar-refractivity contribution in [2.24, 2.45) is 0 Å². The Balaban J connectivity index is 0.00000218. The van der Waals surface area contributed by atoms with E-state index in [-0.39, 0.29) is 12.4 Å². The minimum Gasteiger partial charge on any atom is -0.486 e. The lowest BCUT2D eigenvalue weighted by molar-refractivity contribution is 0.171. The van der Waals surface area contributed by atoms with Gasteiger partial charge in [-0.15, -0.1) is 12.4 Å². The fourth-order valence-corrected chi connectivity index (χ4v) is 4.19. The summed E-state index contributed by atoms with van der Waals surface area (Å²) in [6, 6.07) is 25.7. The van der Waals surface area contributed by atoms with E-state index in [4.69, 9.17) is 9.47 Å². The molecule has 0 aliphatic carbocycles. The number of benzene rings is 3. The fraction of sp³-hybridized carbons (Fsp3) is 0.280. The molecule has 1 saturated heterocycles. The molecule has 0 atom stereocenters. The van der Waals surface area contributed by atoms with Gasteiger partial charge in [0, 0.05) is 32.7 Å². The van der Waals surface area contributed by atoms with E-state index < -0.39 is 0 Å². The van der Waals surface area contributed by atoms with E-state index in [0.717, 1.165) is 49.9 Å². The van der Waals surface area contributed by atoms with Crippen LogP contribution in [0.4, 0.5) is 5.69 Å². The van der Waals surface area contributed by atoms with Gasteiger partial charge in [-0.2, -0.15) is 0 Å². The monoisotopic (exact) mass is 422 g/mol. The minimum atomic E-state index is 0. The van der Waals surface area contributed by atoms with Crippen LogP contribution in [0.5, 0.6) is 11.5 Å². The third-order valence-corrected chi connectivity index (χ3v) is 5.70. The molecule has 0 radical (unpaired) electrons. The van der Waals surface area contributed by atoms with Crippen LogP contribution in [-0.2, 0) is 6.54 Å². The predicted molar refractivity (Wildman–Crippen MR) is 124 cm³/mol. The Bertz CT molecular complexity index is 972. The maximum atomic E-state index is 5.91. The van der Waals surface area contributed by atoms with E-state index in [9.17, 15) is 0 Å². The number of rotatable bonds is 4. The van der Waals surface area contributed by atoms with E-state index in [1.807, 2.05) is 6.07 Å². The molecule has 5 heteroatoms. The van der Waals surface area contributed by atoms with E-state index in [1.165, 1.54) is 16.7 Å². The Morgan fingerprint density at radius 2 is 1.43 bits per heavy atom. The van der Waals surface area contributed by atoms with Gasteiger partial charge in [0.2, 0.25) is 0 Å². The molecular weight excluding hydrogens is 396 g/mol. The quantitative estimate of drug-likeness (QED) is 0.599. The third kappa shape index (κ3) is 4.40. The molecule has 0 N–H and O–H groups in total. The molecule has 4 nitrogen and oxygen atoms in total. The highest BCUT2D eigenvalue weighted by molar-refractivity contribution is 5.85. The Kier molecular flexibility index (Phi) is 6.46. The molecule has 5 rings (SSSR count). The summed E-state index contributed by atoms with van der Waals surface area (Å²) in [5.41, 5.74) is 5.09. The van der Waals surface area contributed by atoms with Crippen LogP contribution in [0.1, 0.15) is 5.56 Å². The van der Waals surface area contributed by atoms with Gasteiger partial charge >= 0.3 is 0 Å². The van der Waals surface area contributed by atoms with Crippen LogP contribution in [0.2, 0.25) is 0 Å². The highest BCUT2D eigenvalue weighted by atomic mass is 35.5. The first-order valence-corrected chi connectivity index (χ1v) is 10.4. The Morgan fingerprint density at radius 3 is 2.27 bits per heavy atom. The van der Waals surface area contributed by atoms with E-state index in [2.05, 4.69) is 76.5 Å². The van der Waals surface area contributed by atoms with Crippen molar-refractivity contribution in [1.82, 2.24) is 4.90 Å². The lowest BCUT2D eigenvalue weighted by Gasteiger charge is -2.37. The maximum absolute atomic E-state index is 5.91. The standard InChI is InChI=1S/C25H26N2O2.ClH/c1-2-7-21(8-3-1)22-9-4-6-20(18-22)19-26-12-14-27(15-13-26)23-10-5-11-24-25(23)29-17-16-28-24;/h1-11,18H,12-17,19H2;1H. The van der Waals surface area contributed by atoms with Gasteiger partial charge in [-0.05, 0) is 34.9 Å². The summed E-state index contributed by atoms with van der Waals surface area (Å²) in [6.07, 6.45) is 0. The second-order valence-electron chi connectivity index (χ2n) is 7.63. The van der Waals surface area contributed by atoms with Crippen LogP contribution in [0.15, 0.2) is 72.8 Å². The highest BCUT2D eigenvalue weighted by Gasteiger charge is 2.23. The molecule has 30 heavy (non-hydrogen) atoms. The van der Waals surface area contributed by atoms with Crippen molar-refractivity contribution in [1.29, 1.82) is 0 Å². The van der Waals surface area contributed by atoms with Crippen LogP contribution in [0.25, 0.3) is 11.1 Å². The molecule has 0 aromatic heterocycles. The number of hydrogen-bond acceptors (Lipinski definition) is 4. The molecule has 0 saturated carbocycles. The zero-order chi connectivity index (χ0) is 19.5. The summed E-state index contributed by atoms with van der Waals surface area (Å²) in [7, 11) is 0. The van der Waals surface area contributed by atoms with Crippen molar-refractivity contribution >= 4 is 18.1 Å². The number of ether oxygens (including phenoxy) is 2. The van der Waals surface area contributed by atoms with Gasteiger partial charge in [0.25, 0.3) is 0 Å². The van der Waals surface area contributed by atoms with Crippen LogP contribution in [0, 0.1) is 0 Å². The van der Waals surface area contributed by atoms with Crippen LogP contribution in [-0.4, -0.2) is 44.3 Å². The Morgan fingerprint density at radius 1 is 0.700 bits per heavy atom. The van der Waals surface area contributed by atoms with Crippen molar-refractivity contribution in [2.75, 3.05) is 44.3 Å². The third-order valence-electron chi connectivity index (χ3n) is 5.70. The molecule has 0 amide bonds. The molecule has 2 aliphatic rings. The molecule has 0 spiro atoms. The van der Waals surface area contributed by atoms with Gasteiger partial charge in [0.1, 0.15) is 13.2 Å². The molecule has 0 unspecified atom stereocenters. The summed E-state index contributed by atoms with van der Waals surface area (Å²) in [5.74, 6) is 1.77.